The second kappa shape index (κ2) is 11.5. The van der Waals surface area contributed by atoms with Crippen LogP contribution in [0.1, 0.15) is 77.0 Å². The van der Waals surface area contributed by atoms with Gasteiger partial charge in [0.1, 0.15) is 6.04 Å². The third kappa shape index (κ3) is 6.60. The first kappa shape index (κ1) is 26.9. The molecule has 2 aliphatic rings. The normalized spacial score (nSPS) is 20.9. The van der Waals surface area contributed by atoms with Crippen molar-refractivity contribution in [3.05, 3.63) is 45.9 Å². The number of amides is 2. The molecule has 1 aliphatic carbocycles. The fraction of sp³-hybridized carbons (Fsp3) is 0.607. The number of carbonyl (C=O) groups excluding carboxylic acids is 2. The van der Waals surface area contributed by atoms with Gasteiger partial charge in [0.15, 0.2) is 5.13 Å². The van der Waals surface area contributed by atoms with E-state index in [9.17, 15) is 9.59 Å². The molecule has 2 amide bonds. The van der Waals surface area contributed by atoms with E-state index in [0.717, 1.165) is 36.5 Å². The summed E-state index contributed by atoms with van der Waals surface area (Å²) < 4.78 is 0. The van der Waals surface area contributed by atoms with E-state index in [0.29, 0.717) is 23.6 Å². The molecule has 6 nitrogen and oxygen atoms in total. The maximum absolute atomic E-state index is 13.7. The van der Waals surface area contributed by atoms with E-state index < -0.39 is 0 Å². The number of nitrogens with zero attached hydrogens (tertiary/aromatic N) is 2. The summed E-state index contributed by atoms with van der Waals surface area (Å²) in [5.74, 6) is 0.623. The summed E-state index contributed by atoms with van der Waals surface area (Å²) in [7, 11) is 0. The number of aromatic nitrogens is 1. The number of hydrogen-bond acceptors (Lipinski definition) is 5. The van der Waals surface area contributed by atoms with Crippen molar-refractivity contribution in [3.8, 4) is 0 Å². The highest BCUT2D eigenvalue weighted by atomic mass is 35.5. The standard InChI is InChI=1S/C28H39ClN4O2S/c1-18(2)25(32-27-31-22(16-36-27)15-24(34)30-21-7-5-6-8-21)26(35)33-14-13-23(28(3,4)17-33)19-9-11-20(29)12-10-19/h9-12,16,18,21,23,25H,5-8,13-15,17H2,1-4H3,(H,30,34)(H,31,32)/t23?,25-/m1/s1. The van der Waals surface area contributed by atoms with Gasteiger partial charge in [0.2, 0.25) is 11.8 Å². The van der Waals surface area contributed by atoms with Crippen LogP contribution in [0.4, 0.5) is 5.13 Å². The molecule has 1 aliphatic heterocycles. The largest absolute Gasteiger partial charge is 0.353 e. The van der Waals surface area contributed by atoms with Crippen LogP contribution < -0.4 is 10.6 Å². The first-order valence-electron chi connectivity index (χ1n) is 13.2. The van der Waals surface area contributed by atoms with Gasteiger partial charge < -0.3 is 15.5 Å². The number of piperidine rings is 1. The number of hydrogen-bond donors (Lipinski definition) is 2. The Kier molecular flexibility index (Phi) is 8.61. The van der Waals surface area contributed by atoms with Crippen molar-refractivity contribution in [2.75, 3.05) is 18.4 Å². The number of benzene rings is 1. The van der Waals surface area contributed by atoms with Gasteiger partial charge in [-0.05, 0) is 54.2 Å². The van der Waals surface area contributed by atoms with Gasteiger partial charge in [-0.25, -0.2) is 4.98 Å². The van der Waals surface area contributed by atoms with E-state index >= 15 is 0 Å². The molecule has 1 saturated heterocycles. The summed E-state index contributed by atoms with van der Waals surface area (Å²) in [6.07, 6.45) is 5.72. The molecule has 0 spiro atoms. The van der Waals surface area contributed by atoms with E-state index in [1.165, 1.54) is 29.7 Å². The lowest BCUT2D eigenvalue weighted by atomic mass is 9.70. The van der Waals surface area contributed by atoms with Gasteiger partial charge in [0.25, 0.3) is 0 Å². The Balaban J connectivity index is 1.37. The molecule has 1 aromatic heterocycles. The molecule has 1 saturated carbocycles. The van der Waals surface area contributed by atoms with E-state index in [-0.39, 0.29) is 35.6 Å². The Labute approximate surface area is 224 Å². The molecular weight excluding hydrogens is 492 g/mol. The summed E-state index contributed by atoms with van der Waals surface area (Å²) in [5, 5.41) is 9.87. The molecule has 36 heavy (non-hydrogen) atoms. The molecule has 2 heterocycles. The molecule has 2 atom stereocenters. The number of rotatable bonds is 8. The van der Waals surface area contributed by atoms with Gasteiger partial charge in [0, 0.05) is 29.5 Å². The highest BCUT2D eigenvalue weighted by molar-refractivity contribution is 7.13. The van der Waals surface area contributed by atoms with Crippen LogP contribution in [0.25, 0.3) is 0 Å². The molecule has 1 aromatic carbocycles. The van der Waals surface area contributed by atoms with E-state index in [4.69, 9.17) is 11.6 Å². The van der Waals surface area contributed by atoms with Gasteiger partial charge in [-0.15, -0.1) is 11.3 Å². The topological polar surface area (TPSA) is 74.3 Å². The van der Waals surface area contributed by atoms with E-state index in [1.807, 2.05) is 22.4 Å². The van der Waals surface area contributed by atoms with Crippen LogP contribution in [0.15, 0.2) is 29.6 Å². The molecule has 8 heteroatoms. The smallest absolute Gasteiger partial charge is 0.245 e. The van der Waals surface area contributed by atoms with E-state index in [2.05, 4.69) is 55.4 Å². The average molecular weight is 531 g/mol. The minimum atomic E-state index is -0.362. The first-order chi connectivity index (χ1) is 17.1. The van der Waals surface area contributed by atoms with Gasteiger partial charge >= 0.3 is 0 Å². The Bertz CT molecular complexity index is 1050. The zero-order valence-electron chi connectivity index (χ0n) is 21.9. The molecule has 0 bridgehead atoms. The van der Waals surface area contributed by atoms with Crippen LogP contribution in [0.5, 0.6) is 0 Å². The quantitative estimate of drug-likeness (QED) is 0.447. The van der Waals surface area contributed by atoms with Crippen molar-refractivity contribution >= 4 is 39.9 Å². The predicted molar refractivity (Wildman–Crippen MR) is 148 cm³/mol. The van der Waals surface area contributed by atoms with Crippen LogP contribution >= 0.6 is 22.9 Å². The lowest BCUT2D eigenvalue weighted by Gasteiger charge is -2.45. The Morgan fingerprint density at radius 2 is 1.86 bits per heavy atom. The molecular formula is C28H39ClN4O2S. The van der Waals surface area contributed by atoms with Gasteiger partial charge in [-0.2, -0.15) is 0 Å². The van der Waals surface area contributed by atoms with Gasteiger partial charge in [-0.1, -0.05) is 64.3 Å². The number of anilines is 1. The van der Waals surface area contributed by atoms with Gasteiger partial charge in [0.05, 0.1) is 12.1 Å². The average Bonchev–Trinajstić information content (AvgIpc) is 3.49. The number of likely N-dealkylation sites (tertiary alicyclic amines) is 1. The summed E-state index contributed by atoms with van der Waals surface area (Å²) in [6, 6.07) is 8.06. The summed E-state index contributed by atoms with van der Waals surface area (Å²) in [6.45, 7) is 10.0. The van der Waals surface area contributed by atoms with Crippen LogP contribution in [0, 0.1) is 11.3 Å². The van der Waals surface area contributed by atoms with Crippen molar-refractivity contribution < 1.29 is 9.59 Å². The Morgan fingerprint density at radius 1 is 1.17 bits per heavy atom. The molecule has 0 radical (unpaired) electrons. The van der Waals surface area contributed by atoms with Crippen molar-refractivity contribution in [2.45, 2.75) is 84.2 Å². The molecule has 2 fully saturated rings. The summed E-state index contributed by atoms with van der Waals surface area (Å²) >= 11 is 7.55. The first-order valence-corrected chi connectivity index (χ1v) is 14.4. The van der Waals surface area contributed by atoms with Crippen LogP contribution in [0.2, 0.25) is 5.02 Å². The highest BCUT2D eigenvalue weighted by Gasteiger charge is 2.40. The number of thiazole rings is 1. The van der Waals surface area contributed by atoms with Crippen LogP contribution in [-0.2, 0) is 16.0 Å². The summed E-state index contributed by atoms with van der Waals surface area (Å²) in [4.78, 5) is 32.7. The zero-order chi connectivity index (χ0) is 25.9. The number of halogens is 1. The number of carbonyl (C=O) groups is 2. The Morgan fingerprint density at radius 3 is 2.50 bits per heavy atom. The molecule has 2 N–H and O–H groups in total. The second-order valence-electron chi connectivity index (χ2n) is 11.4. The molecule has 4 rings (SSSR count). The fourth-order valence-electron chi connectivity index (χ4n) is 5.67. The van der Waals surface area contributed by atoms with Crippen molar-refractivity contribution in [1.29, 1.82) is 0 Å². The van der Waals surface area contributed by atoms with Crippen LogP contribution in [0.3, 0.4) is 0 Å². The van der Waals surface area contributed by atoms with Gasteiger partial charge in [-0.3, -0.25) is 9.59 Å². The molecule has 1 unspecified atom stereocenters. The minimum Gasteiger partial charge on any atom is -0.353 e. The lowest BCUT2D eigenvalue weighted by molar-refractivity contribution is -0.136. The number of nitrogens with one attached hydrogen (secondary N) is 2. The SMILES string of the molecule is CC(C)[C@@H](Nc1nc(CC(=O)NC2CCCC2)cs1)C(=O)N1CCC(c2ccc(Cl)cc2)C(C)(C)C1. The predicted octanol–water partition coefficient (Wildman–Crippen LogP) is 5.88. The van der Waals surface area contributed by atoms with Crippen molar-refractivity contribution in [2.24, 2.45) is 11.3 Å². The second-order valence-corrected chi connectivity index (χ2v) is 12.7. The molecule has 2 aromatic rings. The maximum Gasteiger partial charge on any atom is 0.245 e. The summed E-state index contributed by atoms with van der Waals surface area (Å²) in [5.41, 5.74) is 1.98. The zero-order valence-corrected chi connectivity index (χ0v) is 23.4. The van der Waals surface area contributed by atoms with Crippen molar-refractivity contribution in [3.63, 3.8) is 0 Å². The third-order valence-corrected chi connectivity index (χ3v) is 8.71. The lowest BCUT2D eigenvalue weighted by Crippen LogP contribution is -2.53. The Hall–Kier alpha value is -2.12. The highest BCUT2D eigenvalue weighted by Crippen LogP contribution is 2.42. The monoisotopic (exact) mass is 530 g/mol. The van der Waals surface area contributed by atoms with Crippen LogP contribution in [-0.4, -0.2) is 46.9 Å². The van der Waals surface area contributed by atoms with Crippen molar-refractivity contribution in [1.82, 2.24) is 15.2 Å². The molecule has 196 valence electrons. The maximum atomic E-state index is 13.7. The fourth-order valence-corrected chi connectivity index (χ4v) is 6.54. The third-order valence-electron chi connectivity index (χ3n) is 7.64. The minimum absolute atomic E-state index is 0.0287. The van der Waals surface area contributed by atoms with E-state index in [1.54, 1.807) is 0 Å².